The lowest BCUT2D eigenvalue weighted by molar-refractivity contribution is 0.414. The first-order valence-electron chi connectivity index (χ1n) is 7.73. The molecule has 2 N–H and O–H groups in total. The summed E-state index contributed by atoms with van der Waals surface area (Å²) < 4.78 is 6.75. The van der Waals surface area contributed by atoms with Crippen LogP contribution in [0.4, 0.5) is 5.82 Å². The van der Waals surface area contributed by atoms with Crippen LogP contribution in [0.25, 0.3) is 27.6 Å². The lowest BCUT2D eigenvalue weighted by Gasteiger charge is -2.04. The van der Waals surface area contributed by atoms with Gasteiger partial charge in [-0.2, -0.15) is 4.68 Å². The number of anilines is 1. The van der Waals surface area contributed by atoms with E-state index in [2.05, 4.69) is 15.3 Å². The standard InChI is InChI=1S/C18H14ClN5OS/c1-25-14-8-6-13(7-9-14)24-17(20)16(22-23-24)18-21-15(10-26-18)11-2-4-12(19)5-3-11/h2-10H,20H2,1H3. The van der Waals surface area contributed by atoms with E-state index in [1.165, 1.54) is 11.3 Å². The highest BCUT2D eigenvalue weighted by Crippen LogP contribution is 2.32. The predicted octanol–water partition coefficient (Wildman–Crippen LogP) is 4.30. The Balaban J connectivity index is 1.67. The summed E-state index contributed by atoms with van der Waals surface area (Å²) in [7, 11) is 1.62. The van der Waals surface area contributed by atoms with Crippen molar-refractivity contribution in [1.82, 2.24) is 20.0 Å². The predicted molar refractivity (Wildman–Crippen MR) is 104 cm³/mol. The number of nitrogens with zero attached hydrogens (tertiary/aromatic N) is 4. The number of rotatable bonds is 4. The summed E-state index contributed by atoms with van der Waals surface area (Å²) in [5.41, 5.74) is 9.46. The molecule has 0 saturated heterocycles. The number of hydrogen-bond acceptors (Lipinski definition) is 6. The fourth-order valence-corrected chi connectivity index (χ4v) is 3.44. The number of nitrogen functional groups attached to an aromatic ring is 1. The Labute approximate surface area is 158 Å². The monoisotopic (exact) mass is 383 g/mol. The number of ether oxygens (including phenoxy) is 1. The summed E-state index contributed by atoms with van der Waals surface area (Å²) in [4.78, 5) is 4.64. The second-order valence-corrected chi connectivity index (χ2v) is 6.77. The van der Waals surface area contributed by atoms with E-state index < -0.39 is 0 Å². The van der Waals surface area contributed by atoms with Gasteiger partial charge in [0, 0.05) is 16.0 Å². The molecule has 0 atom stereocenters. The van der Waals surface area contributed by atoms with Crippen molar-refractivity contribution in [3.05, 3.63) is 58.9 Å². The molecule has 26 heavy (non-hydrogen) atoms. The minimum absolute atomic E-state index is 0.437. The van der Waals surface area contributed by atoms with Gasteiger partial charge in [0.05, 0.1) is 18.5 Å². The minimum atomic E-state index is 0.437. The molecule has 2 heterocycles. The molecule has 4 aromatic rings. The Morgan fingerprint density at radius 2 is 1.81 bits per heavy atom. The highest BCUT2D eigenvalue weighted by atomic mass is 35.5. The number of nitrogens with two attached hydrogens (primary N) is 1. The minimum Gasteiger partial charge on any atom is -0.497 e. The van der Waals surface area contributed by atoms with E-state index in [0.717, 1.165) is 22.7 Å². The summed E-state index contributed by atoms with van der Waals surface area (Å²) >= 11 is 7.41. The van der Waals surface area contributed by atoms with Gasteiger partial charge in [0.15, 0.2) is 11.5 Å². The summed E-state index contributed by atoms with van der Waals surface area (Å²) in [5.74, 6) is 1.20. The van der Waals surface area contributed by atoms with Crippen LogP contribution in [0.15, 0.2) is 53.9 Å². The van der Waals surface area contributed by atoms with E-state index in [4.69, 9.17) is 22.1 Å². The van der Waals surface area contributed by atoms with E-state index in [-0.39, 0.29) is 0 Å². The molecule has 0 aliphatic carbocycles. The molecule has 0 amide bonds. The molecular weight excluding hydrogens is 370 g/mol. The van der Waals surface area contributed by atoms with Crippen molar-refractivity contribution < 1.29 is 4.74 Å². The quantitative estimate of drug-likeness (QED) is 0.568. The molecule has 0 bridgehead atoms. The maximum absolute atomic E-state index is 6.26. The van der Waals surface area contributed by atoms with E-state index in [9.17, 15) is 0 Å². The molecule has 0 spiro atoms. The normalized spacial score (nSPS) is 10.8. The number of methoxy groups -OCH3 is 1. The van der Waals surface area contributed by atoms with Crippen molar-refractivity contribution in [1.29, 1.82) is 0 Å². The van der Waals surface area contributed by atoms with Crippen molar-refractivity contribution in [2.75, 3.05) is 12.8 Å². The van der Waals surface area contributed by atoms with Crippen molar-refractivity contribution >= 4 is 28.8 Å². The van der Waals surface area contributed by atoms with E-state index in [1.54, 1.807) is 11.8 Å². The van der Waals surface area contributed by atoms with Crippen LogP contribution in [0.3, 0.4) is 0 Å². The van der Waals surface area contributed by atoms with Gasteiger partial charge in [-0.15, -0.1) is 16.4 Å². The number of aromatic nitrogens is 4. The molecule has 0 radical (unpaired) electrons. The summed E-state index contributed by atoms with van der Waals surface area (Å²) in [6.45, 7) is 0. The van der Waals surface area contributed by atoms with Crippen LogP contribution in [-0.4, -0.2) is 27.1 Å². The molecule has 2 aromatic carbocycles. The smallest absolute Gasteiger partial charge is 0.165 e. The molecule has 0 unspecified atom stereocenters. The molecular formula is C18H14ClN5OS. The van der Waals surface area contributed by atoms with Gasteiger partial charge in [0.25, 0.3) is 0 Å². The lowest BCUT2D eigenvalue weighted by Crippen LogP contribution is -2.02. The first-order valence-corrected chi connectivity index (χ1v) is 8.99. The van der Waals surface area contributed by atoms with Gasteiger partial charge in [-0.1, -0.05) is 28.9 Å². The van der Waals surface area contributed by atoms with Gasteiger partial charge in [-0.3, -0.25) is 0 Å². The molecule has 8 heteroatoms. The Morgan fingerprint density at radius 3 is 2.50 bits per heavy atom. The van der Waals surface area contributed by atoms with Gasteiger partial charge in [-0.05, 0) is 36.4 Å². The highest BCUT2D eigenvalue weighted by molar-refractivity contribution is 7.13. The van der Waals surface area contributed by atoms with E-state index in [1.807, 2.05) is 53.9 Å². The fourth-order valence-electron chi connectivity index (χ4n) is 2.49. The van der Waals surface area contributed by atoms with Gasteiger partial charge in [0.1, 0.15) is 10.8 Å². The Bertz CT molecular complexity index is 1040. The zero-order valence-electron chi connectivity index (χ0n) is 13.8. The average Bonchev–Trinajstić information content (AvgIpc) is 3.29. The van der Waals surface area contributed by atoms with E-state index >= 15 is 0 Å². The third-order valence-electron chi connectivity index (χ3n) is 3.87. The SMILES string of the molecule is COc1ccc(-n2nnc(-c3nc(-c4ccc(Cl)cc4)cs3)c2N)cc1. The third kappa shape index (κ3) is 3.02. The largest absolute Gasteiger partial charge is 0.497 e. The van der Waals surface area contributed by atoms with Crippen LogP contribution in [0, 0.1) is 0 Å². The van der Waals surface area contributed by atoms with Crippen molar-refractivity contribution in [2.24, 2.45) is 0 Å². The molecule has 6 nitrogen and oxygen atoms in total. The third-order valence-corrected chi connectivity index (χ3v) is 4.97. The van der Waals surface area contributed by atoms with Gasteiger partial charge < -0.3 is 10.5 Å². The molecule has 0 saturated carbocycles. The van der Waals surface area contributed by atoms with Crippen LogP contribution < -0.4 is 10.5 Å². The zero-order valence-corrected chi connectivity index (χ0v) is 15.3. The Hall–Kier alpha value is -2.90. The van der Waals surface area contributed by atoms with Crippen LogP contribution in [0.1, 0.15) is 0 Å². The molecule has 0 aliphatic rings. The summed E-state index contributed by atoms with van der Waals surface area (Å²) in [6.07, 6.45) is 0. The first kappa shape index (κ1) is 16.6. The Kier molecular flexibility index (Phi) is 4.32. The summed E-state index contributed by atoms with van der Waals surface area (Å²) in [6, 6.07) is 15.0. The van der Waals surface area contributed by atoms with Gasteiger partial charge in [-0.25, -0.2) is 4.98 Å². The fraction of sp³-hybridized carbons (Fsp3) is 0.0556. The maximum atomic E-state index is 6.26. The highest BCUT2D eigenvalue weighted by Gasteiger charge is 2.17. The molecule has 0 fully saturated rings. The molecule has 4 rings (SSSR count). The number of thiazole rings is 1. The second-order valence-electron chi connectivity index (χ2n) is 5.48. The molecule has 130 valence electrons. The average molecular weight is 384 g/mol. The van der Waals surface area contributed by atoms with Crippen LogP contribution in [-0.2, 0) is 0 Å². The molecule has 0 aliphatic heterocycles. The number of benzene rings is 2. The van der Waals surface area contributed by atoms with Crippen LogP contribution in [0.5, 0.6) is 5.75 Å². The molecule has 2 aromatic heterocycles. The van der Waals surface area contributed by atoms with Crippen molar-refractivity contribution in [2.45, 2.75) is 0 Å². The lowest BCUT2D eigenvalue weighted by atomic mass is 10.2. The number of hydrogen-bond donors (Lipinski definition) is 1. The Morgan fingerprint density at radius 1 is 1.08 bits per heavy atom. The zero-order chi connectivity index (χ0) is 18.1. The van der Waals surface area contributed by atoms with Crippen LogP contribution in [0.2, 0.25) is 5.02 Å². The van der Waals surface area contributed by atoms with Gasteiger partial charge >= 0.3 is 0 Å². The van der Waals surface area contributed by atoms with Crippen LogP contribution >= 0.6 is 22.9 Å². The first-order chi connectivity index (χ1) is 12.7. The number of halogens is 1. The van der Waals surface area contributed by atoms with Crippen molar-refractivity contribution in [3.8, 4) is 33.4 Å². The van der Waals surface area contributed by atoms with Gasteiger partial charge in [0.2, 0.25) is 0 Å². The topological polar surface area (TPSA) is 78.8 Å². The second kappa shape index (κ2) is 6.78. The summed E-state index contributed by atoms with van der Waals surface area (Å²) in [5, 5.41) is 11.7. The maximum Gasteiger partial charge on any atom is 0.165 e. The van der Waals surface area contributed by atoms with E-state index in [0.29, 0.717) is 21.5 Å². The van der Waals surface area contributed by atoms with Crippen molar-refractivity contribution in [3.63, 3.8) is 0 Å².